The molecule has 3 rings (SSSR count). The third kappa shape index (κ3) is 3.59. The van der Waals surface area contributed by atoms with Crippen molar-refractivity contribution in [2.24, 2.45) is 0 Å². The van der Waals surface area contributed by atoms with E-state index >= 15 is 0 Å². The van der Waals surface area contributed by atoms with Crippen LogP contribution < -0.4 is 4.74 Å². The van der Waals surface area contributed by atoms with Crippen LogP contribution in [-0.4, -0.2) is 0 Å². The normalized spacial score (nSPS) is 10.2. The molecule has 0 saturated heterocycles. The van der Waals surface area contributed by atoms with E-state index in [1.54, 1.807) is 12.1 Å². The fourth-order valence-corrected chi connectivity index (χ4v) is 2.48. The lowest BCUT2D eigenvalue weighted by Crippen LogP contribution is -1.97. The van der Waals surface area contributed by atoms with Crippen LogP contribution in [0.1, 0.15) is 11.1 Å². The summed E-state index contributed by atoms with van der Waals surface area (Å²) in [6.45, 7) is 0.435. The van der Waals surface area contributed by atoms with E-state index in [4.69, 9.17) is 22.8 Å². The Bertz CT molecular complexity index is 897. The zero-order valence-electron chi connectivity index (χ0n) is 12.8. The van der Waals surface area contributed by atoms with Gasteiger partial charge < -0.3 is 4.74 Å². The summed E-state index contributed by atoms with van der Waals surface area (Å²) < 4.78 is 19.4. The van der Waals surface area contributed by atoms with Gasteiger partial charge in [-0.15, -0.1) is 6.42 Å². The van der Waals surface area contributed by atoms with Crippen LogP contribution >= 0.6 is 11.6 Å². The summed E-state index contributed by atoms with van der Waals surface area (Å²) in [6.07, 6.45) is 5.60. The highest BCUT2D eigenvalue weighted by molar-refractivity contribution is 6.30. The zero-order chi connectivity index (χ0) is 16.9. The molecule has 3 aromatic carbocycles. The van der Waals surface area contributed by atoms with Gasteiger partial charge in [-0.2, -0.15) is 0 Å². The second-order valence-electron chi connectivity index (χ2n) is 5.26. The van der Waals surface area contributed by atoms with Crippen LogP contribution in [-0.2, 0) is 6.61 Å². The van der Waals surface area contributed by atoms with E-state index < -0.39 is 5.82 Å². The summed E-state index contributed by atoms with van der Waals surface area (Å²) in [4.78, 5) is 0. The first kappa shape index (κ1) is 16.1. The van der Waals surface area contributed by atoms with E-state index in [0.29, 0.717) is 23.5 Å². The highest BCUT2D eigenvalue weighted by Gasteiger charge is 2.08. The van der Waals surface area contributed by atoms with Crippen LogP contribution in [0.25, 0.3) is 11.1 Å². The third-order valence-electron chi connectivity index (χ3n) is 3.63. The molecule has 0 aliphatic carbocycles. The Labute approximate surface area is 145 Å². The molecule has 0 bridgehead atoms. The van der Waals surface area contributed by atoms with E-state index in [-0.39, 0.29) is 5.02 Å². The highest BCUT2D eigenvalue weighted by atomic mass is 35.5. The summed E-state index contributed by atoms with van der Waals surface area (Å²) in [5.74, 6) is 2.79. The first-order chi connectivity index (χ1) is 11.7. The van der Waals surface area contributed by atoms with Gasteiger partial charge in [-0.3, -0.25) is 0 Å². The lowest BCUT2D eigenvalue weighted by Gasteiger charge is -2.11. The summed E-state index contributed by atoms with van der Waals surface area (Å²) >= 11 is 5.72. The molecule has 0 fully saturated rings. The Morgan fingerprint density at radius 3 is 2.38 bits per heavy atom. The van der Waals surface area contributed by atoms with Crippen LogP contribution in [0, 0.1) is 18.2 Å². The number of hydrogen-bond donors (Lipinski definition) is 0. The largest absolute Gasteiger partial charge is 0.488 e. The molecule has 0 aliphatic heterocycles. The minimum atomic E-state index is -0.458. The van der Waals surface area contributed by atoms with E-state index in [0.717, 1.165) is 11.1 Å². The quantitative estimate of drug-likeness (QED) is 0.555. The summed E-state index contributed by atoms with van der Waals surface area (Å²) in [5.41, 5.74) is 3.21. The molecule has 0 aromatic heterocycles. The third-order valence-corrected chi connectivity index (χ3v) is 3.93. The summed E-state index contributed by atoms with van der Waals surface area (Å²) in [5, 5.41) is 0.0961. The monoisotopic (exact) mass is 336 g/mol. The van der Waals surface area contributed by atoms with E-state index in [2.05, 4.69) is 5.92 Å². The molecule has 1 nitrogen and oxygen atoms in total. The maximum absolute atomic E-state index is 13.6. The Morgan fingerprint density at radius 2 is 1.67 bits per heavy atom. The van der Waals surface area contributed by atoms with Crippen LogP contribution in [0.2, 0.25) is 5.02 Å². The lowest BCUT2D eigenvalue weighted by atomic mass is 10.0. The predicted molar refractivity (Wildman–Crippen MR) is 95.6 cm³/mol. The van der Waals surface area contributed by atoms with Gasteiger partial charge >= 0.3 is 0 Å². The first-order valence-corrected chi connectivity index (χ1v) is 7.78. The van der Waals surface area contributed by atoms with Crippen molar-refractivity contribution in [2.45, 2.75) is 6.61 Å². The summed E-state index contributed by atoms with van der Waals surface area (Å²) in [7, 11) is 0. The predicted octanol–water partition coefficient (Wildman–Crippen LogP) is 5.71. The van der Waals surface area contributed by atoms with Crippen molar-refractivity contribution in [1.29, 1.82) is 0 Å². The van der Waals surface area contributed by atoms with Gasteiger partial charge in [0.2, 0.25) is 0 Å². The Kier molecular flexibility index (Phi) is 4.84. The van der Waals surface area contributed by atoms with Crippen molar-refractivity contribution in [3.05, 3.63) is 88.7 Å². The molecule has 0 amide bonds. The van der Waals surface area contributed by atoms with Crippen molar-refractivity contribution in [2.75, 3.05) is 0 Å². The average molecular weight is 337 g/mol. The van der Waals surface area contributed by atoms with Crippen molar-refractivity contribution in [3.8, 4) is 29.2 Å². The van der Waals surface area contributed by atoms with Crippen molar-refractivity contribution < 1.29 is 9.13 Å². The fraction of sp³-hybridized carbons (Fsp3) is 0.0476. The molecule has 0 spiro atoms. The van der Waals surface area contributed by atoms with Gasteiger partial charge in [0.25, 0.3) is 0 Å². The molecule has 0 radical (unpaired) electrons. The van der Waals surface area contributed by atoms with Gasteiger partial charge in [-0.05, 0) is 41.0 Å². The van der Waals surface area contributed by atoms with E-state index in [9.17, 15) is 4.39 Å². The van der Waals surface area contributed by atoms with Crippen molar-refractivity contribution in [1.82, 2.24) is 0 Å². The second-order valence-corrected chi connectivity index (χ2v) is 5.67. The Balaban J connectivity index is 1.85. The average Bonchev–Trinajstić information content (AvgIpc) is 2.63. The molecular formula is C21H14ClFO. The second kappa shape index (κ2) is 7.21. The molecule has 118 valence electrons. The van der Waals surface area contributed by atoms with Gasteiger partial charge in [-0.25, -0.2) is 4.39 Å². The molecule has 0 aliphatic rings. The number of terminal acetylenes is 1. The van der Waals surface area contributed by atoms with E-state index in [1.165, 1.54) is 12.1 Å². The van der Waals surface area contributed by atoms with Crippen molar-refractivity contribution >= 4 is 11.6 Å². The maximum Gasteiger partial charge on any atom is 0.142 e. The molecule has 0 N–H and O–H groups in total. The van der Waals surface area contributed by atoms with Gasteiger partial charge in [0.15, 0.2) is 0 Å². The smallest absolute Gasteiger partial charge is 0.142 e. The van der Waals surface area contributed by atoms with Gasteiger partial charge in [0, 0.05) is 0 Å². The minimum Gasteiger partial charge on any atom is -0.488 e. The molecule has 0 saturated carbocycles. The molecule has 3 heteroatoms. The molecular weight excluding hydrogens is 323 g/mol. The Morgan fingerprint density at radius 1 is 0.958 bits per heavy atom. The van der Waals surface area contributed by atoms with Crippen LogP contribution in [0.4, 0.5) is 4.39 Å². The standard InChI is InChI=1S/C21H14ClFO/c1-2-16-12-17(18-8-10-19(22)20(23)13-18)9-11-21(16)24-14-15-6-4-3-5-7-15/h1,3-13H,14H2. The first-order valence-electron chi connectivity index (χ1n) is 7.40. The van der Waals surface area contributed by atoms with Crippen LogP contribution in [0.15, 0.2) is 66.7 Å². The molecule has 0 atom stereocenters. The minimum absolute atomic E-state index is 0.0961. The summed E-state index contributed by atoms with van der Waals surface area (Å²) in [6, 6.07) is 20.0. The van der Waals surface area contributed by atoms with Gasteiger partial charge in [0.1, 0.15) is 18.2 Å². The highest BCUT2D eigenvalue weighted by Crippen LogP contribution is 2.29. The Hall–Kier alpha value is -2.76. The van der Waals surface area contributed by atoms with Gasteiger partial charge in [-0.1, -0.05) is 60.0 Å². The lowest BCUT2D eigenvalue weighted by molar-refractivity contribution is 0.305. The zero-order valence-corrected chi connectivity index (χ0v) is 13.6. The van der Waals surface area contributed by atoms with Gasteiger partial charge in [0.05, 0.1) is 10.6 Å². The maximum atomic E-state index is 13.6. The van der Waals surface area contributed by atoms with Crippen LogP contribution in [0.3, 0.4) is 0 Å². The number of hydrogen-bond acceptors (Lipinski definition) is 1. The van der Waals surface area contributed by atoms with Crippen molar-refractivity contribution in [3.63, 3.8) is 0 Å². The SMILES string of the molecule is C#Cc1cc(-c2ccc(Cl)c(F)c2)ccc1OCc1ccccc1. The number of benzene rings is 3. The topological polar surface area (TPSA) is 9.23 Å². The number of halogens is 2. The number of rotatable bonds is 4. The van der Waals surface area contributed by atoms with Crippen LogP contribution in [0.5, 0.6) is 5.75 Å². The van der Waals surface area contributed by atoms with E-state index in [1.807, 2.05) is 42.5 Å². The number of ether oxygens (including phenoxy) is 1. The molecule has 3 aromatic rings. The molecule has 0 heterocycles. The molecule has 0 unspecified atom stereocenters. The molecule has 24 heavy (non-hydrogen) atoms. The fourth-order valence-electron chi connectivity index (χ4n) is 2.36.